The first-order chi connectivity index (χ1) is 11.3. The van der Waals surface area contributed by atoms with E-state index < -0.39 is 0 Å². The fourth-order valence-electron chi connectivity index (χ4n) is 2.65. The van der Waals surface area contributed by atoms with Gasteiger partial charge in [0.1, 0.15) is 12.4 Å². The molecule has 25 heavy (non-hydrogen) atoms. The first-order valence-electron chi connectivity index (χ1n) is 7.90. The van der Waals surface area contributed by atoms with Crippen LogP contribution in [0.5, 0.6) is 5.75 Å². The lowest BCUT2D eigenvalue weighted by atomic mass is 10.0. The van der Waals surface area contributed by atoms with Crippen molar-refractivity contribution >= 4 is 47.7 Å². The highest BCUT2D eigenvalue weighted by molar-refractivity contribution is 7.07. The maximum atomic E-state index is 12.0. The van der Waals surface area contributed by atoms with E-state index in [9.17, 15) is 4.79 Å². The lowest BCUT2D eigenvalue weighted by molar-refractivity contribution is -0.116. The topological polar surface area (TPSA) is 63.2 Å². The number of carbonyl (C=O) groups excluding carboxylic acids is 1. The molecule has 2 N–H and O–H groups in total. The summed E-state index contributed by atoms with van der Waals surface area (Å²) in [5.74, 6) is 1.43. The second-order valence-electron chi connectivity index (χ2n) is 5.74. The van der Waals surface area contributed by atoms with E-state index >= 15 is 0 Å². The molecule has 0 radical (unpaired) electrons. The number of carbonyl (C=O) groups is 1. The molecule has 0 saturated carbocycles. The number of aromatic nitrogens is 1. The Balaban J connectivity index is 0.00000156. The van der Waals surface area contributed by atoms with Crippen LogP contribution in [0, 0.1) is 5.92 Å². The summed E-state index contributed by atoms with van der Waals surface area (Å²) >= 11 is 1.55. The number of ether oxygens (including phenoxy) is 1. The molecule has 1 aliphatic rings. The maximum absolute atomic E-state index is 12.0. The lowest BCUT2D eigenvalue weighted by Gasteiger charge is -2.10. The number of nitrogens with zero attached hydrogens (tertiary/aromatic N) is 1. The smallest absolute Gasteiger partial charge is 0.224 e. The quantitative estimate of drug-likeness (QED) is 0.735. The van der Waals surface area contributed by atoms with Gasteiger partial charge in [0.25, 0.3) is 0 Å². The van der Waals surface area contributed by atoms with Crippen LogP contribution in [0.2, 0.25) is 0 Å². The molecule has 1 aliphatic heterocycles. The van der Waals surface area contributed by atoms with Crippen LogP contribution in [0.1, 0.15) is 25.0 Å². The molecule has 1 amide bonds. The number of hydrogen-bond acceptors (Lipinski definition) is 5. The van der Waals surface area contributed by atoms with Crippen molar-refractivity contribution in [3.8, 4) is 5.75 Å². The van der Waals surface area contributed by atoms with E-state index in [0.717, 1.165) is 36.6 Å². The molecule has 1 unspecified atom stereocenters. The molecule has 0 bridgehead atoms. The summed E-state index contributed by atoms with van der Waals surface area (Å²) < 4.78 is 5.70. The third-order valence-corrected chi connectivity index (χ3v) is 4.57. The number of halogens is 2. The van der Waals surface area contributed by atoms with Gasteiger partial charge in [-0.25, -0.2) is 4.98 Å². The van der Waals surface area contributed by atoms with Crippen LogP contribution >= 0.6 is 36.2 Å². The van der Waals surface area contributed by atoms with Crippen LogP contribution in [-0.4, -0.2) is 24.0 Å². The second kappa shape index (κ2) is 11.3. The molecule has 0 spiro atoms. The van der Waals surface area contributed by atoms with E-state index in [-0.39, 0.29) is 30.7 Å². The van der Waals surface area contributed by atoms with Crippen molar-refractivity contribution in [1.82, 2.24) is 10.3 Å². The summed E-state index contributed by atoms with van der Waals surface area (Å²) in [6, 6.07) is 7.49. The molecule has 0 aliphatic carbocycles. The Morgan fingerprint density at radius 2 is 2.28 bits per heavy atom. The number of thiazole rings is 1. The van der Waals surface area contributed by atoms with E-state index in [2.05, 4.69) is 15.6 Å². The zero-order chi connectivity index (χ0) is 15.9. The minimum atomic E-state index is 0. The van der Waals surface area contributed by atoms with E-state index in [1.54, 1.807) is 16.8 Å². The molecule has 1 aromatic carbocycles. The van der Waals surface area contributed by atoms with E-state index in [4.69, 9.17) is 4.74 Å². The van der Waals surface area contributed by atoms with Gasteiger partial charge < -0.3 is 15.4 Å². The van der Waals surface area contributed by atoms with Crippen LogP contribution in [0.3, 0.4) is 0 Å². The molecule has 2 aromatic rings. The third kappa shape index (κ3) is 7.20. The van der Waals surface area contributed by atoms with Crippen LogP contribution < -0.4 is 15.4 Å². The van der Waals surface area contributed by atoms with Crippen molar-refractivity contribution < 1.29 is 9.53 Å². The Morgan fingerprint density at radius 3 is 3.00 bits per heavy atom. The van der Waals surface area contributed by atoms with Gasteiger partial charge in [-0.1, -0.05) is 6.07 Å². The van der Waals surface area contributed by atoms with Crippen molar-refractivity contribution in [3.63, 3.8) is 0 Å². The molecule has 8 heteroatoms. The first-order valence-corrected chi connectivity index (χ1v) is 8.84. The zero-order valence-corrected chi connectivity index (χ0v) is 16.2. The van der Waals surface area contributed by atoms with Crippen molar-refractivity contribution in [2.75, 3.05) is 18.4 Å². The van der Waals surface area contributed by atoms with E-state index in [0.29, 0.717) is 18.9 Å². The minimum absolute atomic E-state index is 0. The van der Waals surface area contributed by atoms with E-state index in [1.807, 2.05) is 29.6 Å². The summed E-state index contributed by atoms with van der Waals surface area (Å²) in [6.45, 7) is 2.55. The van der Waals surface area contributed by atoms with Crippen LogP contribution in [0.15, 0.2) is 35.2 Å². The van der Waals surface area contributed by atoms with Crippen molar-refractivity contribution in [3.05, 3.63) is 40.8 Å². The van der Waals surface area contributed by atoms with Gasteiger partial charge in [0.15, 0.2) is 0 Å². The molecular formula is C17H23Cl2N3O2S. The molecule has 138 valence electrons. The van der Waals surface area contributed by atoms with Gasteiger partial charge in [0.2, 0.25) is 5.91 Å². The molecule has 1 atom stereocenters. The van der Waals surface area contributed by atoms with Gasteiger partial charge in [0.05, 0.1) is 11.2 Å². The Kier molecular flexibility index (Phi) is 9.82. The number of nitrogens with one attached hydrogen (secondary N) is 2. The first kappa shape index (κ1) is 21.7. The van der Waals surface area contributed by atoms with Crippen LogP contribution in [0.4, 0.5) is 5.69 Å². The van der Waals surface area contributed by atoms with Gasteiger partial charge >= 0.3 is 0 Å². The summed E-state index contributed by atoms with van der Waals surface area (Å²) in [5.41, 5.74) is 3.47. The summed E-state index contributed by atoms with van der Waals surface area (Å²) in [4.78, 5) is 16.2. The number of benzene rings is 1. The van der Waals surface area contributed by atoms with Gasteiger partial charge in [-0.05, 0) is 44.0 Å². The van der Waals surface area contributed by atoms with Crippen molar-refractivity contribution in [1.29, 1.82) is 0 Å². The van der Waals surface area contributed by atoms with Gasteiger partial charge in [-0.15, -0.1) is 36.2 Å². The monoisotopic (exact) mass is 403 g/mol. The normalized spacial score (nSPS) is 15.8. The average molecular weight is 404 g/mol. The maximum Gasteiger partial charge on any atom is 0.224 e. The largest absolute Gasteiger partial charge is 0.487 e. The average Bonchev–Trinajstić information content (AvgIpc) is 3.25. The Labute approximate surface area is 164 Å². The van der Waals surface area contributed by atoms with Gasteiger partial charge in [-0.2, -0.15) is 0 Å². The second-order valence-corrected chi connectivity index (χ2v) is 6.46. The third-order valence-electron chi connectivity index (χ3n) is 3.93. The highest BCUT2D eigenvalue weighted by Crippen LogP contribution is 2.20. The minimum Gasteiger partial charge on any atom is -0.487 e. The SMILES string of the molecule is Cl.Cl.O=C(CCC1CCNC1)Nc1cccc(OCc2cscn2)c1. The Morgan fingerprint density at radius 1 is 1.40 bits per heavy atom. The summed E-state index contributed by atoms with van der Waals surface area (Å²) in [5, 5.41) is 8.23. The number of rotatable bonds is 7. The number of amides is 1. The highest BCUT2D eigenvalue weighted by Gasteiger charge is 2.15. The number of hydrogen-bond donors (Lipinski definition) is 2. The number of anilines is 1. The molecule has 2 heterocycles. The van der Waals surface area contributed by atoms with Crippen LogP contribution in [-0.2, 0) is 11.4 Å². The molecule has 1 saturated heterocycles. The highest BCUT2D eigenvalue weighted by atomic mass is 35.5. The van der Waals surface area contributed by atoms with Gasteiger partial charge in [-0.3, -0.25) is 4.79 Å². The van der Waals surface area contributed by atoms with Crippen LogP contribution in [0.25, 0.3) is 0 Å². The predicted molar refractivity (Wildman–Crippen MR) is 106 cm³/mol. The molecule has 3 rings (SSSR count). The molecule has 1 aromatic heterocycles. The Hall–Kier alpha value is -1.34. The summed E-state index contributed by atoms with van der Waals surface area (Å²) in [6.07, 6.45) is 2.68. The standard InChI is InChI=1S/C17H21N3O2S.2ClH/c21-17(5-4-13-6-7-18-9-13)20-14-2-1-3-16(8-14)22-10-15-11-23-12-19-15;;/h1-3,8,11-13,18H,4-7,9-10H2,(H,20,21);2*1H. The van der Waals surface area contributed by atoms with E-state index in [1.165, 1.54) is 6.42 Å². The molecule has 1 fully saturated rings. The van der Waals surface area contributed by atoms with Crippen molar-refractivity contribution in [2.24, 2.45) is 5.92 Å². The fourth-order valence-corrected chi connectivity index (χ4v) is 3.19. The molecular weight excluding hydrogens is 381 g/mol. The fraction of sp³-hybridized carbons (Fsp3) is 0.412. The molecule has 5 nitrogen and oxygen atoms in total. The zero-order valence-electron chi connectivity index (χ0n) is 13.8. The Bertz CT molecular complexity index is 635. The summed E-state index contributed by atoms with van der Waals surface area (Å²) in [7, 11) is 0. The lowest BCUT2D eigenvalue weighted by Crippen LogP contribution is -2.15. The van der Waals surface area contributed by atoms with Gasteiger partial charge in [0, 0.05) is 23.6 Å². The van der Waals surface area contributed by atoms with Crippen molar-refractivity contribution in [2.45, 2.75) is 25.9 Å². The predicted octanol–water partition coefficient (Wildman–Crippen LogP) is 3.89.